The molecule has 2 amide bonds. The smallest absolute Gasteiger partial charge is 0.234 e. The SMILES string of the molecule is CCCCCCCC(=O)N1C[C@H](C(C)C)C1=O. The summed E-state index contributed by atoms with van der Waals surface area (Å²) in [7, 11) is 0. The van der Waals surface area contributed by atoms with Gasteiger partial charge in [-0.05, 0) is 12.3 Å². The standard InChI is InChI=1S/C14H25NO2/c1-4-5-6-7-8-9-13(16)15-10-12(11(2)3)14(15)17/h11-12H,4-10H2,1-3H3/t12-/m1/s1. The summed E-state index contributed by atoms with van der Waals surface area (Å²) in [6.45, 7) is 6.89. The number of β-lactam (4-membered cyclic amide) rings is 1. The van der Waals surface area contributed by atoms with E-state index in [0.29, 0.717) is 18.9 Å². The fraction of sp³-hybridized carbons (Fsp3) is 0.857. The van der Waals surface area contributed by atoms with Gasteiger partial charge in [0.25, 0.3) is 0 Å². The molecule has 1 saturated heterocycles. The van der Waals surface area contributed by atoms with Crippen molar-refractivity contribution in [3.8, 4) is 0 Å². The molecule has 0 aromatic rings. The molecule has 0 saturated carbocycles. The average molecular weight is 239 g/mol. The van der Waals surface area contributed by atoms with E-state index in [4.69, 9.17) is 0 Å². The Balaban J connectivity index is 2.16. The van der Waals surface area contributed by atoms with E-state index < -0.39 is 0 Å². The zero-order valence-corrected chi connectivity index (χ0v) is 11.4. The van der Waals surface area contributed by atoms with E-state index in [1.165, 1.54) is 24.2 Å². The third-order valence-corrected chi connectivity index (χ3v) is 3.56. The number of imide groups is 1. The summed E-state index contributed by atoms with van der Waals surface area (Å²) in [5.74, 6) is 0.511. The van der Waals surface area contributed by atoms with Gasteiger partial charge in [0.2, 0.25) is 11.8 Å². The molecule has 1 aliphatic heterocycles. The van der Waals surface area contributed by atoms with Crippen LogP contribution in [0.5, 0.6) is 0 Å². The Labute approximate surface area is 105 Å². The Kier molecular flexibility index (Phi) is 5.66. The van der Waals surface area contributed by atoms with E-state index >= 15 is 0 Å². The topological polar surface area (TPSA) is 37.4 Å². The highest BCUT2D eigenvalue weighted by Crippen LogP contribution is 2.26. The van der Waals surface area contributed by atoms with Gasteiger partial charge in [-0.3, -0.25) is 14.5 Å². The zero-order chi connectivity index (χ0) is 12.8. The second-order valence-electron chi connectivity index (χ2n) is 5.36. The summed E-state index contributed by atoms with van der Waals surface area (Å²) in [5.41, 5.74) is 0. The Morgan fingerprint density at radius 2 is 1.94 bits per heavy atom. The lowest BCUT2D eigenvalue weighted by Crippen LogP contribution is -2.56. The van der Waals surface area contributed by atoms with E-state index in [1.807, 2.05) is 13.8 Å². The van der Waals surface area contributed by atoms with Crippen LogP contribution in [0.2, 0.25) is 0 Å². The van der Waals surface area contributed by atoms with Crippen molar-refractivity contribution in [3.63, 3.8) is 0 Å². The van der Waals surface area contributed by atoms with Crippen molar-refractivity contribution in [3.05, 3.63) is 0 Å². The monoisotopic (exact) mass is 239 g/mol. The number of carbonyl (C=O) groups is 2. The highest BCUT2D eigenvalue weighted by atomic mass is 16.2. The molecule has 0 N–H and O–H groups in total. The van der Waals surface area contributed by atoms with Gasteiger partial charge < -0.3 is 0 Å². The summed E-state index contributed by atoms with van der Waals surface area (Å²) in [6.07, 6.45) is 6.23. The van der Waals surface area contributed by atoms with E-state index in [-0.39, 0.29) is 17.7 Å². The summed E-state index contributed by atoms with van der Waals surface area (Å²) in [5, 5.41) is 0. The van der Waals surface area contributed by atoms with Crippen LogP contribution in [-0.4, -0.2) is 23.3 Å². The van der Waals surface area contributed by atoms with Crippen molar-refractivity contribution in [1.82, 2.24) is 4.90 Å². The molecule has 1 heterocycles. The van der Waals surface area contributed by atoms with Crippen molar-refractivity contribution in [2.45, 2.75) is 59.3 Å². The number of carbonyl (C=O) groups excluding carboxylic acids is 2. The van der Waals surface area contributed by atoms with Crippen molar-refractivity contribution in [1.29, 1.82) is 0 Å². The maximum Gasteiger partial charge on any atom is 0.234 e. The molecule has 0 aromatic carbocycles. The molecular weight excluding hydrogens is 214 g/mol. The van der Waals surface area contributed by atoms with E-state index in [9.17, 15) is 9.59 Å². The first-order valence-corrected chi connectivity index (χ1v) is 6.92. The fourth-order valence-electron chi connectivity index (χ4n) is 2.19. The molecule has 3 nitrogen and oxygen atoms in total. The molecule has 0 bridgehead atoms. The highest BCUT2D eigenvalue weighted by Gasteiger charge is 2.41. The Hall–Kier alpha value is -0.860. The lowest BCUT2D eigenvalue weighted by molar-refractivity contribution is -0.160. The molecule has 17 heavy (non-hydrogen) atoms. The van der Waals surface area contributed by atoms with Crippen LogP contribution in [0, 0.1) is 11.8 Å². The van der Waals surface area contributed by atoms with Crippen LogP contribution < -0.4 is 0 Å². The maximum absolute atomic E-state index is 11.7. The second-order valence-corrected chi connectivity index (χ2v) is 5.36. The van der Waals surface area contributed by atoms with E-state index in [2.05, 4.69) is 6.92 Å². The molecule has 0 aliphatic carbocycles. The Bertz CT molecular complexity index is 273. The van der Waals surface area contributed by atoms with Gasteiger partial charge in [0, 0.05) is 13.0 Å². The molecule has 1 aliphatic rings. The summed E-state index contributed by atoms with van der Waals surface area (Å²) >= 11 is 0. The minimum absolute atomic E-state index is 0.0309. The van der Waals surface area contributed by atoms with Crippen LogP contribution >= 0.6 is 0 Å². The first kappa shape index (κ1) is 14.2. The normalized spacial score (nSPS) is 19.6. The number of hydrogen-bond donors (Lipinski definition) is 0. The molecule has 3 heteroatoms. The quantitative estimate of drug-likeness (QED) is 0.506. The van der Waals surface area contributed by atoms with E-state index in [1.54, 1.807) is 0 Å². The van der Waals surface area contributed by atoms with Crippen LogP contribution in [0.4, 0.5) is 0 Å². The van der Waals surface area contributed by atoms with Crippen molar-refractivity contribution < 1.29 is 9.59 Å². The third-order valence-electron chi connectivity index (χ3n) is 3.56. The molecular formula is C14H25NO2. The average Bonchev–Trinajstić information content (AvgIpc) is 2.26. The van der Waals surface area contributed by atoms with Crippen LogP contribution in [0.1, 0.15) is 59.3 Å². The van der Waals surface area contributed by atoms with Crippen LogP contribution in [0.25, 0.3) is 0 Å². The van der Waals surface area contributed by atoms with Gasteiger partial charge in [0.15, 0.2) is 0 Å². The summed E-state index contributed by atoms with van der Waals surface area (Å²) in [6, 6.07) is 0. The fourth-order valence-corrected chi connectivity index (χ4v) is 2.19. The van der Waals surface area contributed by atoms with Gasteiger partial charge in [0.05, 0.1) is 5.92 Å². The summed E-state index contributed by atoms with van der Waals surface area (Å²) in [4.78, 5) is 24.9. The van der Waals surface area contributed by atoms with Crippen molar-refractivity contribution in [2.24, 2.45) is 11.8 Å². The Morgan fingerprint density at radius 1 is 1.29 bits per heavy atom. The number of rotatable bonds is 7. The van der Waals surface area contributed by atoms with Gasteiger partial charge in [-0.15, -0.1) is 0 Å². The molecule has 98 valence electrons. The minimum Gasteiger partial charge on any atom is -0.282 e. The van der Waals surface area contributed by atoms with Crippen molar-refractivity contribution >= 4 is 11.8 Å². The first-order chi connectivity index (χ1) is 8.07. The Morgan fingerprint density at radius 3 is 2.47 bits per heavy atom. The minimum atomic E-state index is 0.0309. The molecule has 1 rings (SSSR count). The highest BCUT2D eigenvalue weighted by molar-refractivity contribution is 6.00. The number of hydrogen-bond acceptors (Lipinski definition) is 2. The third kappa shape index (κ3) is 3.83. The van der Waals surface area contributed by atoms with Gasteiger partial charge >= 0.3 is 0 Å². The van der Waals surface area contributed by atoms with Gasteiger partial charge in [-0.2, -0.15) is 0 Å². The van der Waals surface area contributed by atoms with Crippen LogP contribution in [0.3, 0.4) is 0 Å². The molecule has 0 spiro atoms. The number of likely N-dealkylation sites (tertiary alicyclic amines) is 1. The van der Waals surface area contributed by atoms with Crippen LogP contribution in [0.15, 0.2) is 0 Å². The number of nitrogens with zero attached hydrogens (tertiary/aromatic N) is 1. The molecule has 0 radical (unpaired) electrons. The lowest BCUT2D eigenvalue weighted by atomic mass is 9.87. The molecule has 0 aromatic heterocycles. The summed E-state index contributed by atoms with van der Waals surface area (Å²) < 4.78 is 0. The van der Waals surface area contributed by atoms with Crippen molar-refractivity contribution in [2.75, 3.05) is 6.54 Å². The first-order valence-electron chi connectivity index (χ1n) is 6.92. The zero-order valence-electron chi connectivity index (χ0n) is 11.4. The lowest BCUT2D eigenvalue weighted by Gasteiger charge is -2.39. The van der Waals surface area contributed by atoms with E-state index in [0.717, 1.165) is 12.8 Å². The van der Waals surface area contributed by atoms with Gasteiger partial charge in [-0.25, -0.2) is 0 Å². The second kappa shape index (κ2) is 6.77. The van der Waals surface area contributed by atoms with Gasteiger partial charge in [-0.1, -0.05) is 46.5 Å². The molecule has 0 unspecified atom stereocenters. The number of unbranched alkanes of at least 4 members (excludes halogenated alkanes) is 4. The van der Waals surface area contributed by atoms with Crippen LogP contribution in [-0.2, 0) is 9.59 Å². The predicted octanol–water partition coefficient (Wildman–Crippen LogP) is 2.99. The maximum atomic E-state index is 11.7. The van der Waals surface area contributed by atoms with Gasteiger partial charge in [0.1, 0.15) is 0 Å². The molecule has 1 fully saturated rings. The largest absolute Gasteiger partial charge is 0.282 e. The number of amides is 2. The molecule has 1 atom stereocenters. The predicted molar refractivity (Wildman–Crippen MR) is 68.4 cm³/mol.